The Labute approximate surface area is 45.6 Å². The molecule has 3 nitrogen and oxygen atoms in total. The summed E-state index contributed by atoms with van der Waals surface area (Å²) in [5.74, 6) is 0. The van der Waals surface area contributed by atoms with Gasteiger partial charge in [0.15, 0.2) is 0 Å². The zero-order valence-electron chi connectivity index (χ0n) is 3.48. The molecule has 0 atom stereocenters. The van der Waals surface area contributed by atoms with Crippen LogP contribution in [0.1, 0.15) is 0 Å². The van der Waals surface area contributed by atoms with Gasteiger partial charge in [-0.1, -0.05) is 0 Å². The largest absolute Gasteiger partial charge is 0.350 e. The smallest absolute Gasteiger partial charge is 0.240 e. The summed E-state index contributed by atoms with van der Waals surface area (Å²) < 4.78 is 0. The number of carbonyl (C=O) groups is 2. The Kier molecular flexibility index (Phi) is 3.32. The quantitative estimate of drug-likeness (QED) is 0.404. The number of hydrogen-bond donors (Lipinski definition) is 1. The molecular formula is C3H4ClNO2. The molecule has 0 rings (SSSR count). The van der Waals surface area contributed by atoms with E-state index in [4.69, 9.17) is 11.6 Å². The molecule has 1 N–H and O–H groups in total. The van der Waals surface area contributed by atoms with Gasteiger partial charge in [0.2, 0.25) is 11.7 Å². The van der Waals surface area contributed by atoms with Crippen LogP contribution >= 0.6 is 11.6 Å². The first kappa shape index (κ1) is 6.43. The summed E-state index contributed by atoms with van der Waals surface area (Å²) >= 11 is 4.80. The van der Waals surface area contributed by atoms with Gasteiger partial charge in [-0.25, -0.2) is 0 Å². The van der Waals surface area contributed by atoms with Crippen LogP contribution in [-0.4, -0.2) is 18.2 Å². The molecule has 0 fully saturated rings. The minimum atomic E-state index is -0.563. The van der Waals surface area contributed by atoms with Crippen molar-refractivity contribution < 1.29 is 9.59 Å². The first-order valence-corrected chi connectivity index (χ1v) is 2.00. The summed E-state index contributed by atoms with van der Waals surface area (Å²) in [5, 5.41) is 1.52. The van der Waals surface area contributed by atoms with Crippen LogP contribution < -0.4 is 5.32 Å². The van der Waals surface area contributed by atoms with E-state index < -0.39 is 5.24 Å². The molecule has 4 heteroatoms. The van der Waals surface area contributed by atoms with Gasteiger partial charge in [-0.05, 0) is 11.6 Å². The molecule has 0 aromatic heterocycles. The molecule has 0 bridgehead atoms. The van der Waals surface area contributed by atoms with E-state index in [-0.39, 0.29) is 6.54 Å². The summed E-state index contributed by atoms with van der Waals surface area (Å²) in [6.45, 7) is -0.0922. The van der Waals surface area contributed by atoms with Crippen molar-refractivity contribution in [3.8, 4) is 0 Å². The van der Waals surface area contributed by atoms with Crippen molar-refractivity contribution >= 4 is 23.3 Å². The second-order valence-electron chi connectivity index (χ2n) is 0.854. The average Bonchev–Trinajstić information content (AvgIpc) is 1.61. The van der Waals surface area contributed by atoms with Crippen LogP contribution in [0.3, 0.4) is 0 Å². The van der Waals surface area contributed by atoms with E-state index in [0.29, 0.717) is 6.41 Å². The summed E-state index contributed by atoms with van der Waals surface area (Å²) in [6.07, 6.45) is 0.417. The van der Waals surface area contributed by atoms with Crippen LogP contribution in [-0.2, 0) is 9.59 Å². The predicted molar refractivity (Wildman–Crippen MR) is 24.9 cm³/mol. The van der Waals surface area contributed by atoms with Crippen molar-refractivity contribution in [2.24, 2.45) is 0 Å². The van der Waals surface area contributed by atoms with E-state index >= 15 is 0 Å². The summed E-state index contributed by atoms with van der Waals surface area (Å²) in [7, 11) is 0. The number of amides is 1. The second kappa shape index (κ2) is 3.61. The number of hydrogen-bond acceptors (Lipinski definition) is 2. The number of nitrogens with one attached hydrogen (secondary N) is 1. The van der Waals surface area contributed by atoms with Crippen molar-refractivity contribution in [1.29, 1.82) is 0 Å². The van der Waals surface area contributed by atoms with Gasteiger partial charge in [0.1, 0.15) is 0 Å². The zero-order valence-corrected chi connectivity index (χ0v) is 4.23. The lowest BCUT2D eigenvalue weighted by atomic mass is 10.7. The molecule has 1 amide bonds. The van der Waals surface area contributed by atoms with Gasteiger partial charge in [-0.2, -0.15) is 0 Å². The van der Waals surface area contributed by atoms with Crippen LogP contribution in [0.5, 0.6) is 0 Å². The fourth-order valence-electron chi connectivity index (χ4n) is 0.122. The molecule has 0 aliphatic rings. The fourth-order valence-corrected chi connectivity index (χ4v) is 0.199. The normalized spacial score (nSPS) is 7.57. The topological polar surface area (TPSA) is 46.2 Å². The molecule has 0 heterocycles. The van der Waals surface area contributed by atoms with E-state index in [2.05, 4.69) is 5.32 Å². The van der Waals surface area contributed by atoms with Crippen LogP contribution in [0, 0.1) is 0 Å². The van der Waals surface area contributed by atoms with Gasteiger partial charge in [0, 0.05) is 0 Å². The van der Waals surface area contributed by atoms with Gasteiger partial charge >= 0.3 is 0 Å². The second-order valence-corrected chi connectivity index (χ2v) is 1.28. The van der Waals surface area contributed by atoms with Crippen molar-refractivity contribution in [3.63, 3.8) is 0 Å². The van der Waals surface area contributed by atoms with Crippen LogP contribution in [0.4, 0.5) is 0 Å². The maximum Gasteiger partial charge on any atom is 0.240 e. The van der Waals surface area contributed by atoms with Gasteiger partial charge in [-0.3, -0.25) is 9.59 Å². The monoisotopic (exact) mass is 121 g/mol. The molecule has 40 valence electrons. The molecule has 0 saturated carbocycles. The Hall–Kier alpha value is -0.570. The van der Waals surface area contributed by atoms with E-state index in [0.717, 1.165) is 0 Å². The van der Waals surface area contributed by atoms with E-state index in [1.165, 1.54) is 0 Å². The van der Waals surface area contributed by atoms with Crippen molar-refractivity contribution in [1.82, 2.24) is 5.32 Å². The molecule has 0 radical (unpaired) electrons. The Bertz CT molecular complexity index is 83.0. The third kappa shape index (κ3) is 5.43. The minimum absolute atomic E-state index is 0.0922. The van der Waals surface area contributed by atoms with E-state index in [1.54, 1.807) is 0 Å². The molecule has 0 aliphatic heterocycles. The highest BCUT2D eigenvalue weighted by Crippen LogP contribution is 1.71. The van der Waals surface area contributed by atoms with Crippen LogP contribution in [0.15, 0.2) is 0 Å². The van der Waals surface area contributed by atoms with E-state index in [9.17, 15) is 9.59 Å². The number of rotatable bonds is 3. The highest BCUT2D eigenvalue weighted by Gasteiger charge is 1.88. The lowest BCUT2D eigenvalue weighted by Crippen LogP contribution is -2.16. The maximum absolute atomic E-state index is 9.75. The van der Waals surface area contributed by atoms with Crippen molar-refractivity contribution in [2.45, 2.75) is 0 Å². The van der Waals surface area contributed by atoms with Gasteiger partial charge in [0.05, 0.1) is 6.54 Å². The molecule has 0 aromatic rings. The highest BCUT2D eigenvalue weighted by molar-refractivity contribution is 6.64. The summed E-state index contributed by atoms with van der Waals surface area (Å²) in [4.78, 5) is 19.1. The molecule has 0 unspecified atom stereocenters. The Morgan fingerprint density at radius 1 is 1.86 bits per heavy atom. The standard InChI is InChI=1S/C3H4ClNO2/c4-3(7)1-5-2-6/h2H,1H2,(H,5,6). The number of carbonyl (C=O) groups excluding carboxylic acids is 2. The first-order valence-electron chi connectivity index (χ1n) is 1.62. The molecule has 0 aliphatic carbocycles. The number of halogens is 1. The molecule has 0 aromatic carbocycles. The van der Waals surface area contributed by atoms with Gasteiger partial charge < -0.3 is 5.32 Å². The molecule has 0 spiro atoms. The fraction of sp³-hybridized carbons (Fsp3) is 0.333. The van der Waals surface area contributed by atoms with Crippen molar-refractivity contribution in [2.75, 3.05) is 6.54 Å². The molecule has 7 heavy (non-hydrogen) atoms. The lowest BCUT2D eigenvalue weighted by Gasteiger charge is -1.84. The summed E-state index contributed by atoms with van der Waals surface area (Å²) in [6, 6.07) is 0. The summed E-state index contributed by atoms with van der Waals surface area (Å²) in [5.41, 5.74) is 0. The van der Waals surface area contributed by atoms with Crippen molar-refractivity contribution in [3.05, 3.63) is 0 Å². The lowest BCUT2D eigenvalue weighted by molar-refractivity contribution is -0.115. The maximum atomic E-state index is 9.75. The first-order chi connectivity index (χ1) is 3.27. The van der Waals surface area contributed by atoms with Gasteiger partial charge in [0.25, 0.3) is 0 Å². The van der Waals surface area contributed by atoms with Gasteiger partial charge in [-0.15, -0.1) is 0 Å². The van der Waals surface area contributed by atoms with Crippen LogP contribution in [0.25, 0.3) is 0 Å². The zero-order chi connectivity index (χ0) is 5.70. The highest BCUT2D eigenvalue weighted by atomic mass is 35.5. The molecule has 0 saturated heterocycles. The molecular weight excluding hydrogens is 117 g/mol. The predicted octanol–water partition coefficient (Wildman–Crippen LogP) is -0.502. The Morgan fingerprint density at radius 2 is 2.43 bits per heavy atom. The van der Waals surface area contributed by atoms with Crippen LogP contribution in [0.2, 0.25) is 0 Å². The Morgan fingerprint density at radius 3 is 2.57 bits per heavy atom. The average molecular weight is 122 g/mol. The van der Waals surface area contributed by atoms with E-state index in [1.807, 2.05) is 0 Å². The third-order valence-electron chi connectivity index (χ3n) is 0.324. The SMILES string of the molecule is O=CNCC(=O)Cl. The Balaban J connectivity index is 2.97. The third-order valence-corrected chi connectivity index (χ3v) is 0.458. The minimum Gasteiger partial charge on any atom is -0.350 e.